The Kier molecular flexibility index (Phi) is 5.73. The van der Waals surface area contributed by atoms with E-state index in [1.54, 1.807) is 4.68 Å². The van der Waals surface area contributed by atoms with Crippen LogP contribution in [0.5, 0.6) is 11.5 Å². The number of rotatable bonds is 6. The minimum absolute atomic E-state index is 0.00196. The van der Waals surface area contributed by atoms with Crippen LogP contribution < -0.4 is 9.47 Å². The van der Waals surface area contributed by atoms with Crippen molar-refractivity contribution in [1.29, 1.82) is 0 Å². The highest BCUT2D eigenvalue weighted by Gasteiger charge is 2.26. The van der Waals surface area contributed by atoms with Crippen LogP contribution in [-0.2, 0) is 18.3 Å². The van der Waals surface area contributed by atoms with Gasteiger partial charge in [-0.3, -0.25) is 14.4 Å². The van der Waals surface area contributed by atoms with Crippen LogP contribution in [0.1, 0.15) is 27.3 Å². The highest BCUT2D eigenvalue weighted by molar-refractivity contribution is 5.96. The number of benzene rings is 1. The van der Waals surface area contributed by atoms with Crippen molar-refractivity contribution < 1.29 is 19.0 Å². The van der Waals surface area contributed by atoms with Gasteiger partial charge >= 0.3 is 0 Å². The fourth-order valence-corrected chi connectivity index (χ4v) is 3.90. The molecule has 4 rings (SSSR count). The standard InChI is InChI=1S/C21H28N4O4/c1-15-19(16(2)23(3)22-15)21(26)25(8-7-24-9-11-27-12-10-24)13-17-5-4-6-18-20(17)29-14-28-18/h4-6H,7-14H2,1-3H3. The number of amides is 1. The van der Waals surface area contributed by atoms with E-state index in [9.17, 15) is 4.79 Å². The molecule has 1 aromatic carbocycles. The predicted molar refractivity (Wildman–Crippen MR) is 107 cm³/mol. The van der Waals surface area contributed by atoms with Gasteiger partial charge in [0.05, 0.1) is 24.5 Å². The van der Waals surface area contributed by atoms with Gasteiger partial charge in [-0.1, -0.05) is 12.1 Å². The van der Waals surface area contributed by atoms with Gasteiger partial charge < -0.3 is 19.1 Å². The van der Waals surface area contributed by atoms with E-state index in [1.807, 2.05) is 44.0 Å². The van der Waals surface area contributed by atoms with Crippen molar-refractivity contribution in [2.45, 2.75) is 20.4 Å². The maximum atomic E-state index is 13.5. The Morgan fingerprint density at radius 3 is 2.72 bits per heavy atom. The normalized spacial score (nSPS) is 16.2. The second kappa shape index (κ2) is 8.42. The first-order chi connectivity index (χ1) is 14.0. The summed E-state index contributed by atoms with van der Waals surface area (Å²) in [6.45, 7) is 9.20. The minimum Gasteiger partial charge on any atom is -0.454 e. The van der Waals surface area contributed by atoms with Crippen molar-refractivity contribution in [2.24, 2.45) is 7.05 Å². The fourth-order valence-electron chi connectivity index (χ4n) is 3.90. The summed E-state index contributed by atoms with van der Waals surface area (Å²) in [4.78, 5) is 17.8. The average Bonchev–Trinajstić information content (AvgIpc) is 3.30. The van der Waals surface area contributed by atoms with Gasteiger partial charge in [0.25, 0.3) is 5.91 Å². The molecular weight excluding hydrogens is 372 g/mol. The Bertz CT molecular complexity index is 889. The Balaban J connectivity index is 1.58. The van der Waals surface area contributed by atoms with E-state index in [2.05, 4.69) is 10.00 Å². The predicted octanol–water partition coefficient (Wildman–Crippen LogP) is 1.74. The van der Waals surface area contributed by atoms with Crippen LogP contribution in [0.25, 0.3) is 0 Å². The zero-order chi connectivity index (χ0) is 20.4. The molecule has 0 radical (unpaired) electrons. The molecule has 0 aliphatic carbocycles. The number of carbonyl (C=O) groups excluding carboxylic acids is 1. The lowest BCUT2D eigenvalue weighted by atomic mass is 10.1. The lowest BCUT2D eigenvalue weighted by molar-refractivity contribution is 0.0320. The first-order valence-electron chi connectivity index (χ1n) is 10.0. The molecule has 1 fully saturated rings. The van der Waals surface area contributed by atoms with Crippen molar-refractivity contribution in [3.63, 3.8) is 0 Å². The molecular formula is C21H28N4O4. The van der Waals surface area contributed by atoms with Crippen LogP contribution >= 0.6 is 0 Å². The van der Waals surface area contributed by atoms with Crippen LogP contribution in [0.15, 0.2) is 18.2 Å². The second-order valence-electron chi connectivity index (χ2n) is 7.50. The van der Waals surface area contributed by atoms with Gasteiger partial charge in [-0.15, -0.1) is 0 Å². The van der Waals surface area contributed by atoms with E-state index in [-0.39, 0.29) is 12.7 Å². The molecule has 1 saturated heterocycles. The van der Waals surface area contributed by atoms with Crippen molar-refractivity contribution in [1.82, 2.24) is 19.6 Å². The number of ether oxygens (including phenoxy) is 3. The van der Waals surface area contributed by atoms with E-state index in [4.69, 9.17) is 14.2 Å². The van der Waals surface area contributed by atoms with Crippen molar-refractivity contribution in [3.05, 3.63) is 40.7 Å². The number of morpholine rings is 1. The summed E-state index contributed by atoms with van der Waals surface area (Å²) in [5.74, 6) is 1.46. The third kappa shape index (κ3) is 4.09. The molecule has 2 aliphatic rings. The molecule has 2 aliphatic heterocycles. The molecule has 1 aromatic heterocycles. The lowest BCUT2D eigenvalue weighted by Crippen LogP contribution is -2.43. The summed E-state index contributed by atoms with van der Waals surface area (Å²) < 4.78 is 18.4. The zero-order valence-corrected chi connectivity index (χ0v) is 17.3. The highest BCUT2D eigenvalue weighted by atomic mass is 16.7. The van der Waals surface area contributed by atoms with Gasteiger partial charge in [0.15, 0.2) is 11.5 Å². The Hall–Kier alpha value is -2.58. The summed E-state index contributed by atoms with van der Waals surface area (Å²) in [7, 11) is 1.87. The van der Waals surface area contributed by atoms with Gasteiger partial charge in [0, 0.05) is 51.0 Å². The topological polar surface area (TPSA) is 69.1 Å². The fraction of sp³-hybridized carbons (Fsp3) is 0.524. The molecule has 8 nitrogen and oxygen atoms in total. The molecule has 0 N–H and O–H groups in total. The quantitative estimate of drug-likeness (QED) is 0.736. The maximum Gasteiger partial charge on any atom is 0.257 e. The number of para-hydroxylation sites is 1. The molecule has 0 spiro atoms. The zero-order valence-electron chi connectivity index (χ0n) is 17.3. The molecule has 2 aromatic rings. The second-order valence-corrected chi connectivity index (χ2v) is 7.50. The molecule has 1 amide bonds. The van der Waals surface area contributed by atoms with Gasteiger partial charge in [-0.05, 0) is 19.9 Å². The maximum absolute atomic E-state index is 13.5. The number of aromatic nitrogens is 2. The highest BCUT2D eigenvalue weighted by Crippen LogP contribution is 2.36. The van der Waals surface area contributed by atoms with E-state index >= 15 is 0 Å². The summed E-state index contributed by atoms with van der Waals surface area (Å²) in [5, 5.41) is 4.43. The number of hydrogen-bond acceptors (Lipinski definition) is 6. The van der Waals surface area contributed by atoms with Gasteiger partial charge in [-0.2, -0.15) is 5.10 Å². The van der Waals surface area contributed by atoms with Crippen LogP contribution in [0.3, 0.4) is 0 Å². The van der Waals surface area contributed by atoms with E-state index < -0.39 is 0 Å². The van der Waals surface area contributed by atoms with Crippen molar-refractivity contribution in [3.8, 4) is 11.5 Å². The largest absolute Gasteiger partial charge is 0.454 e. The summed E-state index contributed by atoms with van der Waals surface area (Å²) in [6, 6.07) is 5.82. The van der Waals surface area contributed by atoms with E-state index in [1.165, 1.54) is 0 Å². The molecule has 0 saturated carbocycles. The molecule has 0 bridgehead atoms. The number of aryl methyl sites for hydroxylation is 2. The van der Waals surface area contributed by atoms with Crippen LogP contribution in [0.4, 0.5) is 0 Å². The monoisotopic (exact) mass is 400 g/mol. The van der Waals surface area contributed by atoms with Crippen molar-refractivity contribution in [2.75, 3.05) is 46.2 Å². The first kappa shape index (κ1) is 19.7. The molecule has 156 valence electrons. The molecule has 0 unspecified atom stereocenters. The first-order valence-corrected chi connectivity index (χ1v) is 10.0. The Morgan fingerprint density at radius 2 is 2.00 bits per heavy atom. The van der Waals surface area contributed by atoms with Gasteiger partial charge in [0.2, 0.25) is 6.79 Å². The Labute approximate surface area is 170 Å². The minimum atomic E-state index is -0.00196. The third-order valence-electron chi connectivity index (χ3n) is 5.64. The van der Waals surface area contributed by atoms with Crippen LogP contribution in [0, 0.1) is 13.8 Å². The van der Waals surface area contributed by atoms with Crippen molar-refractivity contribution >= 4 is 5.91 Å². The van der Waals surface area contributed by atoms with Crippen LogP contribution in [0.2, 0.25) is 0 Å². The smallest absolute Gasteiger partial charge is 0.257 e. The molecule has 0 atom stereocenters. The SMILES string of the molecule is Cc1nn(C)c(C)c1C(=O)N(CCN1CCOCC1)Cc1cccc2c1OCO2. The Morgan fingerprint density at radius 1 is 1.21 bits per heavy atom. The number of carbonyl (C=O) groups is 1. The average molecular weight is 400 g/mol. The molecule has 8 heteroatoms. The number of fused-ring (bicyclic) bond motifs is 1. The van der Waals surface area contributed by atoms with Crippen LogP contribution in [-0.4, -0.2) is 71.7 Å². The third-order valence-corrected chi connectivity index (χ3v) is 5.64. The summed E-state index contributed by atoms with van der Waals surface area (Å²) in [5.41, 5.74) is 3.26. The summed E-state index contributed by atoms with van der Waals surface area (Å²) in [6.07, 6.45) is 0. The van der Waals surface area contributed by atoms with E-state index in [0.29, 0.717) is 18.7 Å². The van der Waals surface area contributed by atoms with E-state index in [0.717, 1.165) is 61.3 Å². The van der Waals surface area contributed by atoms with Gasteiger partial charge in [-0.25, -0.2) is 0 Å². The number of hydrogen-bond donors (Lipinski definition) is 0. The number of nitrogens with zero attached hydrogens (tertiary/aromatic N) is 4. The lowest BCUT2D eigenvalue weighted by Gasteiger charge is -2.30. The van der Waals surface area contributed by atoms with Gasteiger partial charge in [0.1, 0.15) is 0 Å². The molecule has 29 heavy (non-hydrogen) atoms. The molecule has 3 heterocycles. The summed E-state index contributed by atoms with van der Waals surface area (Å²) >= 11 is 0.